The molecule has 0 saturated carbocycles. The molecule has 8 heteroatoms. The van der Waals surface area contributed by atoms with Gasteiger partial charge in [-0.15, -0.1) is 0 Å². The Kier molecular flexibility index (Phi) is 6.98. The van der Waals surface area contributed by atoms with Crippen LogP contribution in [0.2, 0.25) is 0 Å². The van der Waals surface area contributed by atoms with Crippen LogP contribution in [0.4, 0.5) is 34.1 Å². The molecule has 0 amide bonds. The molecule has 6 aromatic rings. The molecule has 0 saturated heterocycles. The minimum Gasteiger partial charge on any atom is -0.468 e. The molecule has 0 unspecified atom stereocenters. The molecule has 7 nitrogen and oxygen atoms in total. The number of rotatable bonds is 2. The number of hydrogen-bond donors (Lipinski definition) is 0. The Bertz CT molecular complexity index is 2640. The topological polar surface area (TPSA) is 56.5 Å². The molecule has 55 heavy (non-hydrogen) atoms. The number of aryl methyl sites for hydroxylation is 4. The molecular weight excluding hydrogens is 683 g/mol. The number of nitrogens with zero attached hydrogens (tertiary/aromatic N) is 2. The van der Waals surface area contributed by atoms with Crippen molar-refractivity contribution in [1.29, 1.82) is 0 Å². The number of ether oxygens (including phenoxy) is 4. The van der Waals surface area contributed by atoms with E-state index in [1.54, 1.807) is 0 Å². The van der Waals surface area contributed by atoms with Gasteiger partial charge < -0.3 is 33.2 Å². The Balaban J connectivity index is 1.35. The van der Waals surface area contributed by atoms with Gasteiger partial charge in [-0.25, -0.2) is 0 Å². The molecule has 1 aromatic heterocycles. The molecule has 4 aliphatic rings. The molecule has 0 N–H and O–H groups in total. The van der Waals surface area contributed by atoms with Crippen LogP contribution in [0.5, 0.6) is 23.0 Å². The molecule has 0 atom stereocenters. The highest BCUT2D eigenvalue weighted by atomic mass is 16.7. The molecule has 0 radical (unpaired) electrons. The molecule has 0 bridgehead atoms. The third-order valence-corrected chi connectivity index (χ3v) is 12.0. The lowest BCUT2D eigenvalue weighted by molar-refractivity contribution is 0.173. The van der Waals surface area contributed by atoms with Gasteiger partial charge in [-0.2, -0.15) is 0 Å². The Labute approximate surface area is 323 Å². The van der Waals surface area contributed by atoms with Crippen molar-refractivity contribution in [2.24, 2.45) is 0 Å². The van der Waals surface area contributed by atoms with Crippen LogP contribution < -0.4 is 45.3 Å². The van der Waals surface area contributed by atoms with Crippen molar-refractivity contribution in [1.82, 2.24) is 0 Å². The summed E-state index contributed by atoms with van der Waals surface area (Å²) >= 11 is 0. The molecule has 5 aromatic carbocycles. The van der Waals surface area contributed by atoms with Gasteiger partial charge in [-0.1, -0.05) is 59.7 Å². The summed E-state index contributed by atoms with van der Waals surface area (Å²) in [6.45, 7) is 24.9. The highest BCUT2D eigenvalue weighted by Crippen LogP contribution is 2.53. The summed E-state index contributed by atoms with van der Waals surface area (Å²) in [6, 6.07) is 22.6. The number of fused-ring (bicyclic) bond motifs is 8. The highest BCUT2D eigenvalue weighted by Gasteiger charge is 2.48. The fourth-order valence-electron chi connectivity index (χ4n) is 9.39. The van der Waals surface area contributed by atoms with Crippen molar-refractivity contribution < 1.29 is 23.4 Å². The van der Waals surface area contributed by atoms with E-state index < -0.39 is 0 Å². The summed E-state index contributed by atoms with van der Waals surface area (Å²) in [5, 5.41) is 1.08. The van der Waals surface area contributed by atoms with E-state index >= 15 is 0 Å². The predicted molar refractivity (Wildman–Crippen MR) is 224 cm³/mol. The monoisotopic (exact) mass is 730 g/mol. The largest absolute Gasteiger partial charge is 0.468 e. The van der Waals surface area contributed by atoms with Crippen LogP contribution in [0.3, 0.4) is 0 Å². The second kappa shape index (κ2) is 11.3. The first-order chi connectivity index (χ1) is 26.1. The summed E-state index contributed by atoms with van der Waals surface area (Å²) in [4.78, 5) is 4.93. The third kappa shape index (κ3) is 4.82. The van der Waals surface area contributed by atoms with E-state index in [-0.39, 0.29) is 31.1 Å². The second-order valence-electron chi connectivity index (χ2n) is 18.0. The first-order valence-electron chi connectivity index (χ1n) is 19.4. The van der Waals surface area contributed by atoms with E-state index in [0.29, 0.717) is 0 Å². The Hall–Kier alpha value is -5.50. The van der Waals surface area contributed by atoms with Crippen LogP contribution in [-0.2, 0) is 10.8 Å². The minimum atomic E-state index is -0.216. The Morgan fingerprint density at radius 3 is 1.87 bits per heavy atom. The summed E-state index contributed by atoms with van der Waals surface area (Å²) in [7, 11) is 0. The summed E-state index contributed by atoms with van der Waals surface area (Å²) in [5.41, 5.74) is 19.0. The molecule has 4 aliphatic heterocycles. The van der Waals surface area contributed by atoms with Crippen molar-refractivity contribution in [3.05, 3.63) is 99.6 Å². The van der Waals surface area contributed by atoms with E-state index in [2.05, 4.69) is 147 Å². The van der Waals surface area contributed by atoms with Crippen molar-refractivity contribution in [2.45, 2.75) is 87.0 Å². The Morgan fingerprint density at radius 1 is 0.564 bits per heavy atom. The fraction of sp³-hybridized carbons (Fsp3) is 0.319. The van der Waals surface area contributed by atoms with E-state index in [0.717, 1.165) is 90.2 Å². The molecule has 278 valence electrons. The van der Waals surface area contributed by atoms with Gasteiger partial charge in [0, 0.05) is 34.1 Å². The maximum atomic E-state index is 7.19. The van der Waals surface area contributed by atoms with Crippen LogP contribution in [0.15, 0.2) is 65.1 Å². The summed E-state index contributed by atoms with van der Waals surface area (Å²) in [5.74, 6) is 3.09. The average molecular weight is 731 g/mol. The van der Waals surface area contributed by atoms with E-state index in [1.807, 2.05) is 0 Å². The average Bonchev–Trinajstić information content (AvgIpc) is 3.86. The molecule has 0 fully saturated rings. The molecule has 10 rings (SSSR count). The highest BCUT2D eigenvalue weighted by molar-refractivity contribution is 7.00. The van der Waals surface area contributed by atoms with Gasteiger partial charge in [0.2, 0.25) is 13.6 Å². The maximum Gasteiger partial charge on any atom is 0.297 e. The first-order valence-corrected chi connectivity index (χ1v) is 19.4. The summed E-state index contributed by atoms with van der Waals surface area (Å²) in [6.07, 6.45) is 0. The minimum absolute atomic E-state index is 0.0127. The van der Waals surface area contributed by atoms with Crippen LogP contribution in [0.1, 0.15) is 80.5 Å². The normalized spacial score (nSPS) is 15.1. The zero-order chi connectivity index (χ0) is 38.5. The van der Waals surface area contributed by atoms with Gasteiger partial charge in [0.25, 0.3) is 6.71 Å². The number of hydrogen-bond acceptors (Lipinski definition) is 7. The Morgan fingerprint density at radius 2 is 1.18 bits per heavy atom. The van der Waals surface area contributed by atoms with Gasteiger partial charge in [0.05, 0.1) is 22.7 Å². The van der Waals surface area contributed by atoms with Gasteiger partial charge in [-0.05, 0) is 126 Å². The van der Waals surface area contributed by atoms with Gasteiger partial charge >= 0.3 is 0 Å². The van der Waals surface area contributed by atoms with Crippen LogP contribution in [0, 0.1) is 34.6 Å². The van der Waals surface area contributed by atoms with Crippen molar-refractivity contribution in [3.8, 4) is 23.0 Å². The van der Waals surface area contributed by atoms with Crippen LogP contribution in [-0.4, -0.2) is 20.3 Å². The lowest BCUT2D eigenvalue weighted by Gasteiger charge is -2.44. The number of benzene rings is 5. The molecule has 5 heterocycles. The van der Waals surface area contributed by atoms with Gasteiger partial charge in [0.1, 0.15) is 5.58 Å². The van der Waals surface area contributed by atoms with Crippen LogP contribution >= 0.6 is 0 Å². The van der Waals surface area contributed by atoms with Gasteiger partial charge in [0.15, 0.2) is 23.0 Å². The summed E-state index contributed by atoms with van der Waals surface area (Å²) < 4.78 is 31.5. The van der Waals surface area contributed by atoms with Crippen molar-refractivity contribution in [2.75, 3.05) is 23.4 Å². The smallest absolute Gasteiger partial charge is 0.297 e. The molecular formula is C47H47BN2O5. The molecule has 0 aliphatic carbocycles. The second-order valence-corrected chi connectivity index (χ2v) is 18.0. The number of furan rings is 1. The van der Waals surface area contributed by atoms with E-state index in [1.165, 1.54) is 33.4 Å². The lowest BCUT2D eigenvalue weighted by Crippen LogP contribution is -2.61. The maximum absolute atomic E-state index is 7.19. The first kappa shape index (κ1) is 34.0. The third-order valence-electron chi connectivity index (χ3n) is 12.0. The quantitative estimate of drug-likeness (QED) is 0.164. The lowest BCUT2D eigenvalue weighted by atomic mass is 9.35. The van der Waals surface area contributed by atoms with Crippen LogP contribution in [0.25, 0.3) is 11.0 Å². The number of anilines is 6. The molecule has 0 spiro atoms. The van der Waals surface area contributed by atoms with Crippen molar-refractivity contribution in [3.63, 3.8) is 0 Å². The van der Waals surface area contributed by atoms with Crippen molar-refractivity contribution >= 4 is 68.4 Å². The zero-order valence-electron chi connectivity index (χ0n) is 33.7. The van der Waals surface area contributed by atoms with E-state index in [9.17, 15) is 0 Å². The standard InChI is InChI=1S/C47H47BN2O5/c1-24-14-34-40-35(15-24)50(42-27(4)18-39-44(28(42)5)54-23-53-39)43-31-19-29(46(6,7)8)12-13-36(31)55-45(43)48(40)32-20-37-38(52-22-51-37)21-33(32)49(34)41-25(2)16-30(17-26(41)3)47(9,10)11/h12-21H,22-23H2,1-11H3. The zero-order valence-corrected chi connectivity index (χ0v) is 33.7. The SMILES string of the molecule is Cc1cc2c3c(c1)N(c1c(C)cc4c(c1C)OCO4)c1c(oc4ccc(C(C)(C)C)cc14)B3c1cc3c(cc1N2c1c(C)cc(C(C)(C)C)cc1C)OCO3. The van der Waals surface area contributed by atoms with E-state index in [4.69, 9.17) is 23.4 Å². The predicted octanol–water partition coefficient (Wildman–Crippen LogP) is 10.1. The van der Waals surface area contributed by atoms with Gasteiger partial charge in [-0.3, -0.25) is 0 Å². The fourth-order valence-corrected chi connectivity index (χ4v) is 9.39.